The molecular weight excluding hydrogens is 266 g/mol. The maximum atomic E-state index is 12.4. The highest BCUT2D eigenvalue weighted by atomic mass is 32.2. The van der Waals surface area contributed by atoms with Gasteiger partial charge in [0.2, 0.25) is 5.91 Å². The zero-order valence-corrected chi connectivity index (χ0v) is 13.4. The maximum absolute atomic E-state index is 12.4. The van der Waals surface area contributed by atoms with Crippen LogP contribution in [0.3, 0.4) is 0 Å². The Labute approximate surface area is 126 Å². The van der Waals surface area contributed by atoms with Gasteiger partial charge in [0.25, 0.3) is 0 Å². The van der Waals surface area contributed by atoms with Crippen LogP contribution in [0.15, 0.2) is 29.2 Å². The topological polar surface area (TPSA) is 20.3 Å². The number of amides is 1. The summed E-state index contributed by atoms with van der Waals surface area (Å²) in [7, 11) is 0. The van der Waals surface area contributed by atoms with E-state index in [1.54, 1.807) is 11.8 Å². The van der Waals surface area contributed by atoms with Crippen molar-refractivity contribution in [1.29, 1.82) is 0 Å². The van der Waals surface area contributed by atoms with Crippen LogP contribution in [-0.4, -0.2) is 29.1 Å². The summed E-state index contributed by atoms with van der Waals surface area (Å²) in [6.07, 6.45) is 6.27. The summed E-state index contributed by atoms with van der Waals surface area (Å²) < 4.78 is 0. The SMILES string of the molecule is CCN(C(=O)CSc1ccc(C)cc1)C1CCCCC1. The lowest BCUT2D eigenvalue weighted by Crippen LogP contribution is -2.42. The molecule has 1 aliphatic carbocycles. The van der Waals surface area contributed by atoms with Crippen LogP contribution in [0.1, 0.15) is 44.6 Å². The first kappa shape index (κ1) is 15.4. The van der Waals surface area contributed by atoms with Crippen molar-refractivity contribution in [2.45, 2.75) is 56.9 Å². The minimum atomic E-state index is 0.296. The molecular formula is C17H25NOS. The number of hydrogen-bond acceptors (Lipinski definition) is 2. The van der Waals surface area contributed by atoms with Gasteiger partial charge < -0.3 is 4.90 Å². The van der Waals surface area contributed by atoms with Gasteiger partial charge in [0.1, 0.15) is 0 Å². The fourth-order valence-corrected chi connectivity index (χ4v) is 3.68. The van der Waals surface area contributed by atoms with Gasteiger partial charge >= 0.3 is 0 Å². The van der Waals surface area contributed by atoms with Crippen LogP contribution >= 0.6 is 11.8 Å². The van der Waals surface area contributed by atoms with E-state index in [2.05, 4.69) is 43.0 Å². The molecule has 1 saturated carbocycles. The summed E-state index contributed by atoms with van der Waals surface area (Å²) in [6, 6.07) is 8.89. The lowest BCUT2D eigenvalue weighted by atomic mass is 9.94. The molecule has 2 rings (SSSR count). The molecule has 3 heteroatoms. The molecule has 1 fully saturated rings. The molecule has 0 atom stereocenters. The van der Waals surface area contributed by atoms with Crippen LogP contribution < -0.4 is 0 Å². The molecule has 0 aliphatic heterocycles. The molecule has 1 amide bonds. The monoisotopic (exact) mass is 291 g/mol. The Kier molecular flexibility index (Phi) is 5.96. The van der Waals surface area contributed by atoms with Gasteiger partial charge in [-0.2, -0.15) is 0 Å². The molecule has 0 N–H and O–H groups in total. The molecule has 1 aliphatic rings. The van der Waals surface area contributed by atoms with Crippen LogP contribution in [0, 0.1) is 6.92 Å². The van der Waals surface area contributed by atoms with Crippen molar-refractivity contribution in [2.24, 2.45) is 0 Å². The first-order valence-electron chi connectivity index (χ1n) is 7.69. The molecule has 0 saturated heterocycles. The predicted molar refractivity (Wildman–Crippen MR) is 86.2 cm³/mol. The van der Waals surface area contributed by atoms with Crippen molar-refractivity contribution >= 4 is 17.7 Å². The Morgan fingerprint density at radius 2 is 1.85 bits per heavy atom. The smallest absolute Gasteiger partial charge is 0.233 e. The normalized spacial score (nSPS) is 16.1. The van der Waals surface area contributed by atoms with Crippen molar-refractivity contribution < 1.29 is 4.79 Å². The van der Waals surface area contributed by atoms with Gasteiger partial charge in [0.05, 0.1) is 5.75 Å². The molecule has 0 radical (unpaired) electrons. The van der Waals surface area contributed by atoms with E-state index in [1.165, 1.54) is 42.6 Å². The van der Waals surface area contributed by atoms with Crippen molar-refractivity contribution in [2.75, 3.05) is 12.3 Å². The van der Waals surface area contributed by atoms with E-state index in [0.29, 0.717) is 17.7 Å². The summed E-state index contributed by atoms with van der Waals surface area (Å²) in [5.41, 5.74) is 1.26. The second-order valence-corrected chi connectivity index (χ2v) is 6.62. The van der Waals surface area contributed by atoms with Crippen LogP contribution in [0.4, 0.5) is 0 Å². The van der Waals surface area contributed by atoms with Crippen molar-refractivity contribution in [3.63, 3.8) is 0 Å². The first-order valence-corrected chi connectivity index (χ1v) is 8.68. The average Bonchev–Trinajstić information content (AvgIpc) is 2.48. The number of benzene rings is 1. The summed E-state index contributed by atoms with van der Waals surface area (Å²) in [5.74, 6) is 0.859. The second-order valence-electron chi connectivity index (χ2n) is 5.57. The number of nitrogens with zero attached hydrogens (tertiary/aromatic N) is 1. The van der Waals surface area contributed by atoms with E-state index in [-0.39, 0.29) is 0 Å². The third kappa shape index (κ3) is 4.27. The summed E-state index contributed by atoms with van der Waals surface area (Å²) in [5, 5.41) is 0. The molecule has 0 bridgehead atoms. The lowest BCUT2D eigenvalue weighted by Gasteiger charge is -2.33. The number of rotatable bonds is 5. The van der Waals surface area contributed by atoms with Gasteiger partial charge in [0, 0.05) is 17.5 Å². The molecule has 20 heavy (non-hydrogen) atoms. The van der Waals surface area contributed by atoms with Gasteiger partial charge in [-0.3, -0.25) is 4.79 Å². The highest BCUT2D eigenvalue weighted by Crippen LogP contribution is 2.24. The molecule has 2 nitrogen and oxygen atoms in total. The fraction of sp³-hybridized carbons (Fsp3) is 0.588. The molecule has 0 unspecified atom stereocenters. The minimum Gasteiger partial charge on any atom is -0.339 e. The molecule has 0 spiro atoms. The molecule has 1 aromatic rings. The third-order valence-electron chi connectivity index (χ3n) is 4.06. The minimum absolute atomic E-state index is 0.296. The van der Waals surface area contributed by atoms with E-state index in [9.17, 15) is 4.79 Å². The number of hydrogen-bond donors (Lipinski definition) is 0. The Balaban J connectivity index is 1.87. The quantitative estimate of drug-likeness (QED) is 0.755. The standard InChI is InChI=1S/C17H25NOS/c1-3-18(15-7-5-4-6-8-15)17(19)13-20-16-11-9-14(2)10-12-16/h9-12,15H,3-8,13H2,1-2H3. The van der Waals surface area contributed by atoms with Crippen molar-refractivity contribution in [3.05, 3.63) is 29.8 Å². The average molecular weight is 291 g/mol. The van der Waals surface area contributed by atoms with E-state index in [4.69, 9.17) is 0 Å². The largest absolute Gasteiger partial charge is 0.339 e. The maximum Gasteiger partial charge on any atom is 0.233 e. The zero-order valence-electron chi connectivity index (χ0n) is 12.6. The summed E-state index contributed by atoms with van der Waals surface area (Å²) >= 11 is 1.65. The van der Waals surface area contributed by atoms with Crippen LogP contribution in [0.2, 0.25) is 0 Å². The van der Waals surface area contributed by atoms with E-state index in [0.717, 1.165) is 6.54 Å². The lowest BCUT2D eigenvalue weighted by molar-refractivity contribution is -0.131. The second kappa shape index (κ2) is 7.72. The Morgan fingerprint density at radius 3 is 2.45 bits per heavy atom. The summed E-state index contributed by atoms with van der Waals surface area (Å²) in [4.78, 5) is 15.7. The van der Waals surface area contributed by atoms with Gasteiger partial charge in [-0.25, -0.2) is 0 Å². The molecule has 0 heterocycles. The Bertz CT molecular complexity index is 423. The third-order valence-corrected chi connectivity index (χ3v) is 5.06. The highest BCUT2D eigenvalue weighted by Gasteiger charge is 2.23. The van der Waals surface area contributed by atoms with Crippen LogP contribution in [0.5, 0.6) is 0 Å². The van der Waals surface area contributed by atoms with E-state index in [1.807, 2.05) is 0 Å². The van der Waals surface area contributed by atoms with Gasteiger partial charge in [-0.05, 0) is 38.8 Å². The first-order chi connectivity index (χ1) is 9.70. The number of aryl methyl sites for hydroxylation is 1. The van der Waals surface area contributed by atoms with Crippen molar-refractivity contribution in [3.8, 4) is 0 Å². The molecule has 0 aromatic heterocycles. The molecule has 110 valence electrons. The predicted octanol–water partition coefficient (Wildman–Crippen LogP) is 4.27. The van der Waals surface area contributed by atoms with Gasteiger partial charge in [-0.15, -0.1) is 11.8 Å². The Morgan fingerprint density at radius 1 is 1.20 bits per heavy atom. The number of carbonyl (C=O) groups excluding carboxylic acids is 1. The van der Waals surface area contributed by atoms with Crippen LogP contribution in [0.25, 0.3) is 0 Å². The number of carbonyl (C=O) groups is 1. The molecule has 1 aromatic carbocycles. The Hall–Kier alpha value is -0.960. The number of thioether (sulfide) groups is 1. The van der Waals surface area contributed by atoms with E-state index >= 15 is 0 Å². The zero-order chi connectivity index (χ0) is 14.4. The van der Waals surface area contributed by atoms with E-state index < -0.39 is 0 Å². The fourth-order valence-electron chi connectivity index (χ4n) is 2.89. The highest BCUT2D eigenvalue weighted by molar-refractivity contribution is 8.00. The van der Waals surface area contributed by atoms with Gasteiger partial charge in [-0.1, -0.05) is 37.0 Å². The van der Waals surface area contributed by atoms with Crippen molar-refractivity contribution in [1.82, 2.24) is 4.90 Å². The van der Waals surface area contributed by atoms with Crippen LogP contribution in [-0.2, 0) is 4.79 Å². The van der Waals surface area contributed by atoms with Gasteiger partial charge in [0.15, 0.2) is 0 Å². The summed E-state index contributed by atoms with van der Waals surface area (Å²) in [6.45, 7) is 5.03.